The van der Waals surface area contributed by atoms with E-state index in [4.69, 9.17) is 18.9 Å². The van der Waals surface area contributed by atoms with Crippen molar-refractivity contribution < 1.29 is 28.5 Å². The summed E-state index contributed by atoms with van der Waals surface area (Å²) < 4.78 is 23.8. The second kappa shape index (κ2) is 10.6. The van der Waals surface area contributed by atoms with E-state index in [-0.39, 0.29) is 29.6 Å². The molecule has 0 aromatic heterocycles. The second-order valence-corrected chi connectivity index (χ2v) is 10.7. The Bertz CT molecular complexity index is 667. The topological polar surface area (TPSA) is 77.5 Å². The van der Waals surface area contributed by atoms with Crippen molar-refractivity contribution in [2.24, 2.45) is 5.92 Å². The van der Waals surface area contributed by atoms with Gasteiger partial charge in [0.1, 0.15) is 5.60 Å². The number of nitrogens with zero attached hydrogens (tertiary/aromatic N) is 2. The van der Waals surface area contributed by atoms with E-state index in [1.807, 2.05) is 27.7 Å². The summed E-state index contributed by atoms with van der Waals surface area (Å²) in [4.78, 5) is 30.3. The summed E-state index contributed by atoms with van der Waals surface area (Å²) in [6.45, 7) is 12.9. The van der Waals surface area contributed by atoms with Crippen LogP contribution in [0.15, 0.2) is 0 Å². The molecule has 3 aliphatic rings. The van der Waals surface area contributed by atoms with Crippen LogP contribution in [0.3, 0.4) is 0 Å². The zero-order valence-electron chi connectivity index (χ0n) is 21.5. The van der Waals surface area contributed by atoms with E-state index in [1.165, 1.54) is 0 Å². The molecule has 2 heterocycles. The molecule has 8 heteroatoms. The third kappa shape index (κ3) is 5.72. The van der Waals surface area contributed by atoms with Gasteiger partial charge in [-0.15, -0.1) is 0 Å². The summed E-state index contributed by atoms with van der Waals surface area (Å²) in [6.07, 6.45) is 5.67. The first-order valence-corrected chi connectivity index (χ1v) is 12.7. The molecule has 1 aliphatic carbocycles. The molecular formula is C25H44N2O6. The van der Waals surface area contributed by atoms with Crippen molar-refractivity contribution >= 4 is 11.9 Å². The summed E-state index contributed by atoms with van der Waals surface area (Å²) in [5, 5.41) is 0. The molecule has 3 rings (SSSR count). The first-order chi connectivity index (χ1) is 15.6. The standard InChI is InChI=1S/C25H44N2O6/c1-7-24(30-6)17-27(18-24)25(26-15-9-10-16-26,22(29)33-23(3,4)5)32-20-13-11-19(12-14-20)21(28)31-8-2/h19-20H,7-18H2,1-6H3/t19-,20-,25?. The van der Waals surface area contributed by atoms with Gasteiger partial charge in [-0.25, -0.2) is 9.69 Å². The van der Waals surface area contributed by atoms with Crippen molar-refractivity contribution in [2.45, 2.75) is 103 Å². The number of methoxy groups -OCH3 is 1. The number of rotatable bonds is 9. The van der Waals surface area contributed by atoms with Crippen molar-refractivity contribution in [1.82, 2.24) is 9.80 Å². The molecule has 190 valence electrons. The van der Waals surface area contributed by atoms with Gasteiger partial charge in [-0.3, -0.25) is 9.69 Å². The van der Waals surface area contributed by atoms with Gasteiger partial charge in [0.2, 0.25) is 0 Å². The molecule has 33 heavy (non-hydrogen) atoms. The number of carbonyl (C=O) groups excluding carboxylic acids is 2. The summed E-state index contributed by atoms with van der Waals surface area (Å²) in [7, 11) is 1.74. The molecule has 0 N–H and O–H groups in total. The van der Waals surface area contributed by atoms with Gasteiger partial charge in [0.05, 0.1) is 24.2 Å². The van der Waals surface area contributed by atoms with E-state index in [0.29, 0.717) is 32.5 Å². The van der Waals surface area contributed by atoms with Gasteiger partial charge in [0.15, 0.2) is 0 Å². The Morgan fingerprint density at radius 2 is 1.58 bits per heavy atom. The summed E-state index contributed by atoms with van der Waals surface area (Å²) in [5.41, 5.74) is -0.890. The molecule has 1 saturated carbocycles. The van der Waals surface area contributed by atoms with Gasteiger partial charge >= 0.3 is 11.9 Å². The van der Waals surface area contributed by atoms with Crippen LogP contribution in [0.5, 0.6) is 0 Å². The van der Waals surface area contributed by atoms with Crippen LogP contribution in [-0.2, 0) is 28.5 Å². The van der Waals surface area contributed by atoms with Crippen LogP contribution in [0.25, 0.3) is 0 Å². The molecule has 1 atom stereocenters. The van der Waals surface area contributed by atoms with Gasteiger partial charge < -0.3 is 18.9 Å². The number of carbonyl (C=O) groups is 2. The lowest BCUT2D eigenvalue weighted by Gasteiger charge is -2.58. The molecule has 8 nitrogen and oxygen atoms in total. The van der Waals surface area contributed by atoms with Crippen LogP contribution in [0, 0.1) is 5.92 Å². The van der Waals surface area contributed by atoms with Gasteiger partial charge in [0.25, 0.3) is 5.85 Å². The quantitative estimate of drug-likeness (QED) is 0.477. The lowest BCUT2D eigenvalue weighted by atomic mass is 9.86. The Morgan fingerprint density at radius 1 is 0.970 bits per heavy atom. The molecule has 0 radical (unpaired) electrons. The molecule has 2 saturated heterocycles. The molecule has 0 spiro atoms. The van der Waals surface area contributed by atoms with Crippen LogP contribution in [-0.4, -0.2) is 84.8 Å². The molecule has 0 amide bonds. The molecule has 3 fully saturated rings. The van der Waals surface area contributed by atoms with Crippen LogP contribution in [0.2, 0.25) is 0 Å². The van der Waals surface area contributed by atoms with Crippen molar-refractivity contribution in [3.63, 3.8) is 0 Å². The molecule has 0 aromatic rings. The van der Waals surface area contributed by atoms with Gasteiger partial charge in [-0.1, -0.05) is 6.92 Å². The fourth-order valence-corrected chi connectivity index (χ4v) is 5.29. The third-order valence-electron chi connectivity index (χ3n) is 7.29. The number of ether oxygens (including phenoxy) is 4. The van der Waals surface area contributed by atoms with E-state index in [9.17, 15) is 9.59 Å². The number of hydrogen-bond donors (Lipinski definition) is 0. The first-order valence-electron chi connectivity index (χ1n) is 12.7. The minimum absolute atomic E-state index is 0.0854. The highest BCUT2D eigenvalue weighted by molar-refractivity contribution is 5.79. The van der Waals surface area contributed by atoms with E-state index >= 15 is 0 Å². The normalized spacial score (nSPS) is 28.1. The maximum absolute atomic E-state index is 13.9. The monoisotopic (exact) mass is 468 g/mol. The smallest absolute Gasteiger partial charge is 0.371 e. The van der Waals surface area contributed by atoms with Crippen molar-refractivity contribution in [2.75, 3.05) is 39.9 Å². The van der Waals surface area contributed by atoms with Gasteiger partial charge in [0, 0.05) is 33.3 Å². The molecule has 2 aliphatic heterocycles. The zero-order chi connectivity index (χ0) is 24.3. The van der Waals surface area contributed by atoms with Crippen LogP contribution in [0.4, 0.5) is 0 Å². The Morgan fingerprint density at radius 3 is 2.06 bits per heavy atom. The average Bonchev–Trinajstić information content (AvgIpc) is 3.27. The zero-order valence-corrected chi connectivity index (χ0v) is 21.5. The fourth-order valence-electron chi connectivity index (χ4n) is 5.29. The third-order valence-corrected chi connectivity index (χ3v) is 7.29. The predicted octanol–water partition coefficient (Wildman–Crippen LogP) is 3.33. The van der Waals surface area contributed by atoms with E-state index < -0.39 is 11.4 Å². The van der Waals surface area contributed by atoms with E-state index in [0.717, 1.165) is 45.2 Å². The highest BCUT2D eigenvalue weighted by Crippen LogP contribution is 2.42. The lowest BCUT2D eigenvalue weighted by molar-refractivity contribution is -0.314. The minimum atomic E-state index is -1.26. The van der Waals surface area contributed by atoms with Crippen LogP contribution < -0.4 is 0 Å². The van der Waals surface area contributed by atoms with Crippen LogP contribution >= 0.6 is 0 Å². The van der Waals surface area contributed by atoms with Gasteiger partial charge in [-0.2, -0.15) is 0 Å². The summed E-state index contributed by atoms with van der Waals surface area (Å²) >= 11 is 0. The van der Waals surface area contributed by atoms with Crippen LogP contribution in [0.1, 0.15) is 79.6 Å². The fraction of sp³-hybridized carbons (Fsp3) is 0.920. The lowest BCUT2D eigenvalue weighted by Crippen LogP contribution is -2.78. The average molecular weight is 469 g/mol. The number of hydrogen-bond acceptors (Lipinski definition) is 8. The molecular weight excluding hydrogens is 424 g/mol. The SMILES string of the molecule is CCOC(=O)[C@H]1CC[C@H](OC(C(=O)OC(C)(C)C)(N2CCCC2)N2CC(CC)(OC)C2)CC1. The highest BCUT2D eigenvalue weighted by Gasteiger charge is 2.61. The Balaban J connectivity index is 1.84. The molecule has 0 bridgehead atoms. The van der Waals surface area contributed by atoms with Crippen molar-refractivity contribution in [3.05, 3.63) is 0 Å². The van der Waals surface area contributed by atoms with Gasteiger partial charge in [-0.05, 0) is 72.6 Å². The predicted molar refractivity (Wildman–Crippen MR) is 124 cm³/mol. The second-order valence-electron chi connectivity index (χ2n) is 10.7. The summed E-state index contributed by atoms with van der Waals surface area (Å²) in [5.74, 6) is -1.81. The Labute approximate surface area is 199 Å². The number of esters is 2. The maximum atomic E-state index is 13.9. The van der Waals surface area contributed by atoms with E-state index in [1.54, 1.807) is 7.11 Å². The number of likely N-dealkylation sites (tertiary alicyclic amines) is 2. The Hall–Kier alpha value is -1.22. The first kappa shape index (κ1) is 26.4. The largest absolute Gasteiger partial charge is 0.466 e. The van der Waals surface area contributed by atoms with Crippen molar-refractivity contribution in [1.29, 1.82) is 0 Å². The highest BCUT2D eigenvalue weighted by atomic mass is 16.6. The molecule has 0 aromatic carbocycles. The minimum Gasteiger partial charge on any atom is -0.466 e. The molecule has 1 unspecified atom stereocenters. The van der Waals surface area contributed by atoms with Crippen molar-refractivity contribution in [3.8, 4) is 0 Å². The maximum Gasteiger partial charge on any atom is 0.371 e. The van der Waals surface area contributed by atoms with E-state index in [2.05, 4.69) is 16.7 Å². The Kier molecular flexibility index (Phi) is 8.46. The summed E-state index contributed by atoms with van der Waals surface area (Å²) in [6, 6.07) is 0.